The highest BCUT2D eigenvalue weighted by Crippen LogP contribution is 2.32. The number of benzene rings is 2. The van der Waals surface area contributed by atoms with Crippen LogP contribution in [0.2, 0.25) is 10.0 Å². The molecule has 0 saturated heterocycles. The summed E-state index contributed by atoms with van der Waals surface area (Å²) in [7, 11) is 0. The molecule has 0 bridgehead atoms. The number of rotatable bonds is 3. The number of nitrogens with zero attached hydrogens (tertiary/aromatic N) is 2. The fourth-order valence-electron chi connectivity index (χ4n) is 2.15. The Labute approximate surface area is 150 Å². The molecule has 0 radical (unpaired) electrons. The molecule has 0 atom stereocenters. The molecule has 0 unspecified atom stereocenters. The topological polar surface area (TPSA) is 102 Å². The Kier molecular flexibility index (Phi) is 4.43. The number of hydrogen-bond donors (Lipinski definition) is 1. The van der Waals surface area contributed by atoms with Gasteiger partial charge in [0.2, 0.25) is 11.6 Å². The summed E-state index contributed by atoms with van der Waals surface area (Å²) in [6.45, 7) is 0. The summed E-state index contributed by atoms with van der Waals surface area (Å²) in [5, 5.41) is 21.5. The van der Waals surface area contributed by atoms with Gasteiger partial charge in [0.15, 0.2) is 5.70 Å². The molecule has 0 amide bonds. The number of carbonyl (C=O) groups is 1. The smallest absolute Gasteiger partial charge is 0.363 e. The first kappa shape index (κ1) is 16.9. The SMILES string of the molecule is O=C1OC(c2ccc(Cl)cc2Cl)=N/C1=C\c1cccc([N+](=O)[O-])c1O. The molecule has 0 saturated carbocycles. The largest absolute Gasteiger partial charge is 0.502 e. The van der Waals surface area contributed by atoms with Gasteiger partial charge < -0.3 is 9.84 Å². The van der Waals surface area contributed by atoms with Gasteiger partial charge in [-0.25, -0.2) is 9.79 Å². The minimum Gasteiger partial charge on any atom is -0.502 e. The van der Waals surface area contributed by atoms with Crippen LogP contribution < -0.4 is 0 Å². The van der Waals surface area contributed by atoms with E-state index in [4.69, 9.17) is 27.9 Å². The Bertz CT molecular complexity index is 969. The molecule has 3 rings (SSSR count). The highest BCUT2D eigenvalue weighted by atomic mass is 35.5. The van der Waals surface area contributed by atoms with Crippen LogP contribution in [0.5, 0.6) is 5.75 Å². The predicted octanol–water partition coefficient (Wildman–Crippen LogP) is 3.95. The van der Waals surface area contributed by atoms with Crippen molar-refractivity contribution in [3.63, 3.8) is 0 Å². The summed E-state index contributed by atoms with van der Waals surface area (Å²) in [5.41, 5.74) is -0.179. The van der Waals surface area contributed by atoms with E-state index < -0.39 is 22.3 Å². The monoisotopic (exact) mass is 378 g/mol. The van der Waals surface area contributed by atoms with Crippen molar-refractivity contribution in [1.82, 2.24) is 0 Å². The molecule has 0 aromatic heterocycles. The number of esters is 1. The van der Waals surface area contributed by atoms with Crippen LogP contribution in [0.15, 0.2) is 47.1 Å². The molecule has 1 aliphatic rings. The molecule has 1 heterocycles. The second-order valence-electron chi connectivity index (χ2n) is 4.93. The summed E-state index contributed by atoms with van der Waals surface area (Å²) in [5.74, 6) is -1.37. The number of ether oxygens (including phenoxy) is 1. The van der Waals surface area contributed by atoms with Gasteiger partial charge in [0.25, 0.3) is 0 Å². The number of nitro groups is 1. The highest BCUT2D eigenvalue weighted by molar-refractivity contribution is 6.37. The number of nitro benzene ring substituents is 1. The lowest BCUT2D eigenvalue weighted by atomic mass is 10.1. The summed E-state index contributed by atoms with van der Waals surface area (Å²) >= 11 is 11.9. The van der Waals surface area contributed by atoms with Crippen LogP contribution in [-0.2, 0) is 9.53 Å². The molecule has 0 spiro atoms. The van der Waals surface area contributed by atoms with Gasteiger partial charge in [0.05, 0.1) is 15.5 Å². The molecular formula is C16H8Cl2N2O5. The number of cyclic esters (lactones) is 1. The van der Waals surface area contributed by atoms with E-state index in [1.165, 1.54) is 24.3 Å². The minimum atomic E-state index is -0.771. The summed E-state index contributed by atoms with van der Waals surface area (Å²) < 4.78 is 5.07. The van der Waals surface area contributed by atoms with Crippen LogP contribution >= 0.6 is 23.2 Å². The molecular weight excluding hydrogens is 371 g/mol. The summed E-state index contributed by atoms with van der Waals surface area (Å²) in [4.78, 5) is 26.1. The third kappa shape index (κ3) is 3.33. The second kappa shape index (κ2) is 6.54. The van der Waals surface area contributed by atoms with E-state index in [1.54, 1.807) is 12.1 Å². The Hall–Kier alpha value is -2.90. The molecule has 9 heteroatoms. The van der Waals surface area contributed by atoms with Crippen molar-refractivity contribution in [3.8, 4) is 5.75 Å². The third-order valence-electron chi connectivity index (χ3n) is 3.32. The Morgan fingerprint density at radius 1 is 1.24 bits per heavy atom. The zero-order chi connectivity index (χ0) is 18.1. The first-order chi connectivity index (χ1) is 11.9. The van der Waals surface area contributed by atoms with Gasteiger partial charge in [-0.15, -0.1) is 0 Å². The molecule has 1 N–H and O–H groups in total. The normalized spacial score (nSPS) is 15.2. The van der Waals surface area contributed by atoms with Crippen molar-refractivity contribution in [2.75, 3.05) is 0 Å². The number of aliphatic imine (C=N–C) groups is 1. The number of aromatic hydroxyl groups is 1. The van der Waals surface area contributed by atoms with Crippen LogP contribution in [0.3, 0.4) is 0 Å². The number of phenolic OH excluding ortho intramolecular Hbond substituents is 1. The third-order valence-corrected chi connectivity index (χ3v) is 3.86. The molecule has 1 aliphatic heterocycles. The van der Waals surface area contributed by atoms with Crippen molar-refractivity contribution in [1.29, 1.82) is 0 Å². The number of carbonyl (C=O) groups excluding carboxylic acids is 1. The average molecular weight is 379 g/mol. The van der Waals surface area contributed by atoms with Gasteiger partial charge in [0, 0.05) is 16.7 Å². The fraction of sp³-hybridized carbons (Fsp3) is 0. The van der Waals surface area contributed by atoms with Crippen LogP contribution in [0.1, 0.15) is 11.1 Å². The van der Waals surface area contributed by atoms with Crippen molar-refractivity contribution in [2.45, 2.75) is 0 Å². The first-order valence-electron chi connectivity index (χ1n) is 6.81. The summed E-state index contributed by atoms with van der Waals surface area (Å²) in [6, 6.07) is 8.52. The Balaban J connectivity index is 2.02. The average Bonchev–Trinajstić information content (AvgIpc) is 2.89. The standard InChI is InChI=1S/C16H8Cl2N2O5/c17-9-4-5-10(11(18)7-9)15-19-12(16(22)25-15)6-8-2-1-3-13(14(8)21)20(23)24/h1-7,21H/b12-6-. The molecule has 0 fully saturated rings. The van der Waals surface area contributed by atoms with Gasteiger partial charge in [-0.3, -0.25) is 10.1 Å². The number of halogens is 2. The molecule has 2 aromatic carbocycles. The van der Waals surface area contributed by atoms with Crippen LogP contribution in [0, 0.1) is 10.1 Å². The van der Waals surface area contributed by atoms with E-state index in [0.29, 0.717) is 10.6 Å². The van der Waals surface area contributed by atoms with E-state index in [1.807, 2.05) is 0 Å². The molecule has 7 nitrogen and oxygen atoms in total. The number of phenols is 1. The van der Waals surface area contributed by atoms with Crippen LogP contribution in [-0.4, -0.2) is 21.9 Å². The Morgan fingerprint density at radius 3 is 2.68 bits per heavy atom. The van der Waals surface area contributed by atoms with E-state index in [9.17, 15) is 20.0 Å². The van der Waals surface area contributed by atoms with Gasteiger partial charge in [-0.1, -0.05) is 35.3 Å². The van der Waals surface area contributed by atoms with E-state index >= 15 is 0 Å². The lowest BCUT2D eigenvalue weighted by Crippen LogP contribution is -2.05. The fourth-order valence-corrected chi connectivity index (χ4v) is 2.64. The quantitative estimate of drug-likeness (QED) is 0.377. The van der Waals surface area contributed by atoms with Crippen LogP contribution in [0.25, 0.3) is 6.08 Å². The van der Waals surface area contributed by atoms with Gasteiger partial charge in [0.1, 0.15) is 0 Å². The van der Waals surface area contributed by atoms with Gasteiger partial charge in [-0.2, -0.15) is 0 Å². The van der Waals surface area contributed by atoms with E-state index in [0.717, 1.165) is 6.07 Å². The van der Waals surface area contributed by atoms with Crippen molar-refractivity contribution in [3.05, 3.63) is 73.4 Å². The first-order valence-corrected chi connectivity index (χ1v) is 7.57. The van der Waals surface area contributed by atoms with Gasteiger partial charge >= 0.3 is 11.7 Å². The maximum absolute atomic E-state index is 12.0. The summed E-state index contributed by atoms with van der Waals surface area (Å²) in [6.07, 6.45) is 1.20. The number of para-hydroxylation sites is 1. The lowest BCUT2D eigenvalue weighted by molar-refractivity contribution is -0.385. The lowest BCUT2D eigenvalue weighted by Gasteiger charge is -2.02. The second-order valence-corrected chi connectivity index (χ2v) is 5.78. The zero-order valence-corrected chi connectivity index (χ0v) is 13.8. The number of hydrogen-bond acceptors (Lipinski definition) is 6. The highest BCUT2D eigenvalue weighted by Gasteiger charge is 2.26. The van der Waals surface area contributed by atoms with E-state index in [-0.39, 0.29) is 22.2 Å². The van der Waals surface area contributed by atoms with Crippen molar-refractivity contribution in [2.24, 2.45) is 4.99 Å². The van der Waals surface area contributed by atoms with Crippen molar-refractivity contribution < 1.29 is 19.6 Å². The molecule has 2 aromatic rings. The predicted molar refractivity (Wildman–Crippen MR) is 91.8 cm³/mol. The minimum absolute atomic E-state index is 0.0252. The van der Waals surface area contributed by atoms with Crippen LogP contribution in [0.4, 0.5) is 5.69 Å². The Morgan fingerprint density at radius 2 is 2.00 bits per heavy atom. The molecule has 126 valence electrons. The zero-order valence-electron chi connectivity index (χ0n) is 12.3. The van der Waals surface area contributed by atoms with Crippen molar-refractivity contribution >= 4 is 46.8 Å². The maximum atomic E-state index is 12.0. The molecule has 25 heavy (non-hydrogen) atoms. The van der Waals surface area contributed by atoms with E-state index in [2.05, 4.69) is 4.99 Å². The maximum Gasteiger partial charge on any atom is 0.363 e. The van der Waals surface area contributed by atoms with Gasteiger partial charge in [-0.05, 0) is 24.3 Å². The molecule has 0 aliphatic carbocycles.